The topological polar surface area (TPSA) is 60.9 Å². The van der Waals surface area contributed by atoms with Gasteiger partial charge in [0.25, 0.3) is 0 Å². The van der Waals surface area contributed by atoms with E-state index < -0.39 is 6.10 Å². The van der Waals surface area contributed by atoms with Crippen LogP contribution in [0.2, 0.25) is 0 Å². The molecule has 2 fully saturated rings. The Kier molecular flexibility index (Phi) is 3.66. The fraction of sp³-hybridized carbons (Fsp3) is 0.833. The van der Waals surface area contributed by atoms with Gasteiger partial charge in [0.2, 0.25) is 11.8 Å². The van der Waals surface area contributed by atoms with Crippen LogP contribution in [0.15, 0.2) is 0 Å². The van der Waals surface area contributed by atoms with Gasteiger partial charge in [-0.05, 0) is 19.8 Å². The normalized spacial score (nSPS) is 29.9. The van der Waals surface area contributed by atoms with Crippen molar-refractivity contribution < 1.29 is 14.7 Å². The quantitative estimate of drug-likeness (QED) is 0.729. The average molecular weight is 240 g/mol. The van der Waals surface area contributed by atoms with Gasteiger partial charge in [-0.2, -0.15) is 0 Å². The van der Waals surface area contributed by atoms with Crippen molar-refractivity contribution in [2.24, 2.45) is 5.92 Å². The molecular weight excluding hydrogens is 220 g/mol. The summed E-state index contributed by atoms with van der Waals surface area (Å²) in [6, 6.07) is 0. The summed E-state index contributed by atoms with van der Waals surface area (Å²) in [7, 11) is 0. The Balaban J connectivity index is 1.94. The second kappa shape index (κ2) is 5.04. The third kappa shape index (κ3) is 2.60. The van der Waals surface area contributed by atoms with E-state index in [0.717, 1.165) is 12.8 Å². The number of rotatable bonds is 2. The lowest BCUT2D eigenvalue weighted by Crippen LogP contribution is -2.45. The Morgan fingerprint density at radius 2 is 2.24 bits per heavy atom. The minimum Gasteiger partial charge on any atom is -0.391 e. The number of carbonyl (C=O) groups is 2. The third-order valence-corrected chi connectivity index (χ3v) is 3.65. The SMILES string of the molecule is CCN1CC(C(=O)N2CCCC(O)C2)CC1=O. The van der Waals surface area contributed by atoms with Gasteiger partial charge in [-0.25, -0.2) is 0 Å². The van der Waals surface area contributed by atoms with Crippen molar-refractivity contribution in [3.05, 3.63) is 0 Å². The van der Waals surface area contributed by atoms with E-state index in [9.17, 15) is 14.7 Å². The average Bonchev–Trinajstić information content (AvgIpc) is 2.69. The zero-order valence-corrected chi connectivity index (χ0v) is 10.3. The minimum atomic E-state index is -0.396. The van der Waals surface area contributed by atoms with Crippen LogP contribution in [-0.2, 0) is 9.59 Å². The zero-order chi connectivity index (χ0) is 12.4. The molecule has 0 aliphatic carbocycles. The monoisotopic (exact) mass is 240 g/mol. The van der Waals surface area contributed by atoms with Crippen LogP contribution in [0.25, 0.3) is 0 Å². The molecule has 0 radical (unpaired) electrons. The zero-order valence-electron chi connectivity index (χ0n) is 10.3. The maximum Gasteiger partial charge on any atom is 0.228 e. The molecule has 0 aromatic heterocycles. The molecule has 0 aromatic carbocycles. The second-order valence-corrected chi connectivity index (χ2v) is 4.91. The molecule has 2 atom stereocenters. The van der Waals surface area contributed by atoms with Gasteiger partial charge >= 0.3 is 0 Å². The second-order valence-electron chi connectivity index (χ2n) is 4.91. The van der Waals surface area contributed by atoms with Crippen LogP contribution >= 0.6 is 0 Å². The summed E-state index contributed by atoms with van der Waals surface area (Å²) in [5, 5.41) is 9.55. The number of amides is 2. The van der Waals surface area contributed by atoms with Crippen molar-refractivity contribution in [1.82, 2.24) is 9.80 Å². The van der Waals surface area contributed by atoms with Crippen LogP contribution in [0.4, 0.5) is 0 Å². The summed E-state index contributed by atoms with van der Waals surface area (Å²) in [5.41, 5.74) is 0. The number of hydrogen-bond acceptors (Lipinski definition) is 3. The molecule has 17 heavy (non-hydrogen) atoms. The lowest BCUT2D eigenvalue weighted by Gasteiger charge is -2.31. The largest absolute Gasteiger partial charge is 0.391 e. The first-order valence-electron chi connectivity index (χ1n) is 6.36. The number of piperidine rings is 1. The predicted octanol–water partition coefficient (Wildman–Crippen LogP) is -0.162. The van der Waals surface area contributed by atoms with Crippen molar-refractivity contribution in [3.8, 4) is 0 Å². The van der Waals surface area contributed by atoms with Crippen LogP contribution in [-0.4, -0.2) is 59.0 Å². The van der Waals surface area contributed by atoms with Gasteiger partial charge < -0.3 is 14.9 Å². The molecule has 2 saturated heterocycles. The van der Waals surface area contributed by atoms with Gasteiger partial charge in [-0.3, -0.25) is 9.59 Å². The van der Waals surface area contributed by atoms with Crippen molar-refractivity contribution in [2.75, 3.05) is 26.2 Å². The van der Waals surface area contributed by atoms with E-state index in [-0.39, 0.29) is 17.7 Å². The number of hydrogen-bond donors (Lipinski definition) is 1. The Labute approximate surface area is 101 Å². The molecule has 0 aromatic rings. The van der Waals surface area contributed by atoms with Crippen LogP contribution in [0.1, 0.15) is 26.2 Å². The molecule has 0 spiro atoms. The number of nitrogens with zero attached hydrogens (tertiary/aromatic N) is 2. The van der Waals surface area contributed by atoms with E-state index >= 15 is 0 Å². The molecule has 2 aliphatic rings. The lowest BCUT2D eigenvalue weighted by atomic mass is 10.0. The van der Waals surface area contributed by atoms with Gasteiger partial charge in [0, 0.05) is 32.6 Å². The summed E-state index contributed by atoms with van der Waals surface area (Å²) in [6.45, 7) is 4.28. The fourth-order valence-corrected chi connectivity index (χ4v) is 2.66. The van der Waals surface area contributed by atoms with Gasteiger partial charge in [0.1, 0.15) is 0 Å². The predicted molar refractivity (Wildman–Crippen MR) is 62.2 cm³/mol. The fourth-order valence-electron chi connectivity index (χ4n) is 2.66. The van der Waals surface area contributed by atoms with E-state index in [0.29, 0.717) is 32.6 Å². The highest BCUT2D eigenvalue weighted by Crippen LogP contribution is 2.21. The molecule has 5 nitrogen and oxygen atoms in total. The molecule has 2 heterocycles. The maximum absolute atomic E-state index is 12.2. The van der Waals surface area contributed by atoms with Crippen molar-refractivity contribution in [2.45, 2.75) is 32.3 Å². The molecule has 1 N–H and O–H groups in total. The highest BCUT2D eigenvalue weighted by atomic mass is 16.3. The van der Waals surface area contributed by atoms with E-state index in [1.807, 2.05) is 6.92 Å². The summed E-state index contributed by atoms with van der Waals surface area (Å²) in [4.78, 5) is 27.2. The Bertz CT molecular complexity index is 319. The number of aliphatic hydroxyl groups excluding tert-OH is 1. The van der Waals surface area contributed by atoms with Crippen LogP contribution in [0.3, 0.4) is 0 Å². The summed E-state index contributed by atoms with van der Waals surface area (Å²) in [6.07, 6.45) is 1.56. The van der Waals surface area contributed by atoms with E-state index in [1.165, 1.54) is 0 Å². The van der Waals surface area contributed by atoms with Crippen LogP contribution in [0.5, 0.6) is 0 Å². The number of likely N-dealkylation sites (tertiary alicyclic amines) is 2. The molecule has 0 bridgehead atoms. The van der Waals surface area contributed by atoms with E-state index in [2.05, 4.69) is 0 Å². The maximum atomic E-state index is 12.2. The van der Waals surface area contributed by atoms with Crippen LogP contribution < -0.4 is 0 Å². The van der Waals surface area contributed by atoms with Crippen molar-refractivity contribution >= 4 is 11.8 Å². The standard InChI is InChI=1S/C12H20N2O3/c1-2-13-7-9(6-11(13)16)12(17)14-5-3-4-10(15)8-14/h9-10,15H,2-8H2,1H3. The number of β-amino-alcohol motifs (C(OH)–C–C–N with tert-alkyl or cyclic N) is 1. The molecule has 2 amide bonds. The van der Waals surface area contributed by atoms with Crippen LogP contribution in [0, 0.1) is 5.92 Å². The Morgan fingerprint density at radius 1 is 1.47 bits per heavy atom. The van der Waals surface area contributed by atoms with Crippen molar-refractivity contribution in [1.29, 1.82) is 0 Å². The first-order chi connectivity index (χ1) is 8.11. The summed E-state index contributed by atoms with van der Waals surface area (Å²) >= 11 is 0. The van der Waals surface area contributed by atoms with E-state index in [1.54, 1.807) is 9.80 Å². The lowest BCUT2D eigenvalue weighted by molar-refractivity contribution is -0.138. The van der Waals surface area contributed by atoms with Gasteiger partial charge in [0.15, 0.2) is 0 Å². The number of carbonyl (C=O) groups excluding carboxylic acids is 2. The van der Waals surface area contributed by atoms with Gasteiger partial charge in [0.05, 0.1) is 12.0 Å². The highest BCUT2D eigenvalue weighted by Gasteiger charge is 2.36. The Hall–Kier alpha value is -1.10. The van der Waals surface area contributed by atoms with Gasteiger partial charge in [-0.15, -0.1) is 0 Å². The highest BCUT2D eigenvalue weighted by molar-refractivity contribution is 5.89. The molecule has 96 valence electrons. The molecule has 0 saturated carbocycles. The van der Waals surface area contributed by atoms with Gasteiger partial charge in [-0.1, -0.05) is 0 Å². The third-order valence-electron chi connectivity index (χ3n) is 3.65. The minimum absolute atomic E-state index is 0.0352. The van der Waals surface area contributed by atoms with Crippen molar-refractivity contribution in [3.63, 3.8) is 0 Å². The van der Waals surface area contributed by atoms with E-state index in [4.69, 9.17) is 0 Å². The smallest absolute Gasteiger partial charge is 0.228 e. The number of aliphatic hydroxyl groups is 1. The molecule has 2 rings (SSSR count). The first kappa shape index (κ1) is 12.4. The molecule has 5 heteroatoms. The Morgan fingerprint density at radius 3 is 2.82 bits per heavy atom. The molecular formula is C12H20N2O3. The molecule has 2 aliphatic heterocycles. The summed E-state index contributed by atoms with van der Waals surface area (Å²) < 4.78 is 0. The molecule has 2 unspecified atom stereocenters. The summed E-state index contributed by atoms with van der Waals surface area (Å²) in [5.74, 6) is -0.0933. The first-order valence-corrected chi connectivity index (χ1v) is 6.36.